The van der Waals surface area contributed by atoms with Crippen LogP contribution in [0.1, 0.15) is 22.0 Å². The topological polar surface area (TPSA) is 29.1 Å². The molecule has 0 bridgehead atoms. The van der Waals surface area contributed by atoms with Crippen molar-refractivity contribution < 1.29 is 9.18 Å². The van der Waals surface area contributed by atoms with Crippen LogP contribution >= 0.6 is 34.8 Å². The normalized spacial score (nSPS) is 11.8. The third-order valence-electron chi connectivity index (χ3n) is 3.82. The summed E-state index contributed by atoms with van der Waals surface area (Å²) in [6, 6.07) is 17.0. The van der Waals surface area contributed by atoms with Crippen LogP contribution in [0, 0.1) is 5.82 Å². The Morgan fingerprint density at radius 2 is 1.42 bits per heavy atom. The van der Waals surface area contributed by atoms with Gasteiger partial charge in [0.2, 0.25) is 0 Å². The number of hydrogen-bond acceptors (Lipinski definition) is 2. The molecule has 6 heteroatoms. The maximum Gasteiger partial charge on any atom is 0.189 e. The molecule has 0 aliphatic carbocycles. The quantitative estimate of drug-likeness (QED) is 0.469. The molecule has 0 aliphatic rings. The van der Waals surface area contributed by atoms with Gasteiger partial charge in [0, 0.05) is 21.3 Å². The predicted octanol–water partition coefficient (Wildman–Crippen LogP) is 6.82. The van der Waals surface area contributed by atoms with Crippen molar-refractivity contribution in [3.8, 4) is 0 Å². The van der Waals surface area contributed by atoms with Gasteiger partial charge < -0.3 is 5.32 Å². The molecular formula is C20H13Cl3FNO. The lowest BCUT2D eigenvalue weighted by molar-refractivity contribution is 0.0969. The first kappa shape index (κ1) is 18.7. The molecule has 2 nitrogen and oxygen atoms in total. The fourth-order valence-electron chi connectivity index (χ4n) is 2.49. The highest BCUT2D eigenvalue weighted by Gasteiger charge is 2.23. The Kier molecular flexibility index (Phi) is 5.82. The summed E-state index contributed by atoms with van der Waals surface area (Å²) in [5, 5.41) is 4.23. The van der Waals surface area contributed by atoms with Crippen LogP contribution in [0.25, 0.3) is 0 Å². The van der Waals surface area contributed by atoms with Gasteiger partial charge in [-0.15, -0.1) is 0 Å². The van der Waals surface area contributed by atoms with Crippen molar-refractivity contribution in [3.05, 3.63) is 98.7 Å². The summed E-state index contributed by atoms with van der Waals surface area (Å²) in [4.78, 5) is 13.1. The lowest BCUT2D eigenvalue weighted by Crippen LogP contribution is -2.21. The Morgan fingerprint density at radius 1 is 0.846 bits per heavy atom. The highest BCUT2D eigenvalue weighted by molar-refractivity contribution is 6.31. The van der Waals surface area contributed by atoms with E-state index in [9.17, 15) is 9.18 Å². The molecular weight excluding hydrogens is 396 g/mol. The van der Waals surface area contributed by atoms with E-state index in [1.54, 1.807) is 48.5 Å². The van der Waals surface area contributed by atoms with Crippen LogP contribution in [0.2, 0.25) is 15.1 Å². The Hall–Kier alpha value is -2.07. The van der Waals surface area contributed by atoms with Gasteiger partial charge >= 0.3 is 0 Å². The molecule has 3 aromatic carbocycles. The maximum atomic E-state index is 13.5. The number of benzene rings is 3. The summed E-state index contributed by atoms with van der Waals surface area (Å²) in [7, 11) is 0. The Balaban J connectivity index is 1.99. The number of halogens is 4. The minimum absolute atomic E-state index is 0.0469. The number of carbonyl (C=O) groups excluding carboxylic acids is 1. The molecule has 0 aromatic heterocycles. The monoisotopic (exact) mass is 407 g/mol. The number of hydrogen-bond donors (Lipinski definition) is 1. The van der Waals surface area contributed by atoms with E-state index in [1.807, 2.05) is 0 Å². The molecule has 3 rings (SSSR count). The van der Waals surface area contributed by atoms with Crippen LogP contribution < -0.4 is 5.32 Å². The third kappa shape index (κ3) is 4.36. The maximum absolute atomic E-state index is 13.5. The standard InChI is InChI=1S/C20H13Cl3FNO/c21-14-4-1-12(2-5-14)20(26)19(13-3-10-18(24)17(23)11-13)25-16-8-6-15(22)7-9-16/h1-11,19,25H. The molecule has 0 aliphatic heterocycles. The summed E-state index contributed by atoms with van der Waals surface area (Å²) >= 11 is 17.7. The average Bonchev–Trinajstić information content (AvgIpc) is 2.64. The van der Waals surface area contributed by atoms with Crippen molar-refractivity contribution in [2.45, 2.75) is 6.04 Å². The molecule has 0 saturated carbocycles. The number of ketones is 1. The Labute approximate surface area is 165 Å². The first-order valence-electron chi connectivity index (χ1n) is 7.71. The lowest BCUT2D eigenvalue weighted by Gasteiger charge is -2.20. The van der Waals surface area contributed by atoms with E-state index in [-0.39, 0.29) is 10.8 Å². The minimum atomic E-state index is -0.754. The van der Waals surface area contributed by atoms with Gasteiger partial charge in [0.1, 0.15) is 11.9 Å². The van der Waals surface area contributed by atoms with Crippen LogP contribution in [0.4, 0.5) is 10.1 Å². The molecule has 0 heterocycles. The molecule has 1 N–H and O–H groups in total. The van der Waals surface area contributed by atoms with Gasteiger partial charge in [-0.1, -0.05) is 40.9 Å². The first-order chi connectivity index (χ1) is 12.4. The van der Waals surface area contributed by atoms with Crippen LogP contribution in [-0.4, -0.2) is 5.78 Å². The van der Waals surface area contributed by atoms with E-state index < -0.39 is 11.9 Å². The molecule has 0 radical (unpaired) electrons. The van der Waals surface area contributed by atoms with Crippen molar-refractivity contribution in [2.24, 2.45) is 0 Å². The van der Waals surface area contributed by atoms with Crippen LogP contribution in [0.15, 0.2) is 66.7 Å². The molecule has 132 valence electrons. The van der Waals surface area contributed by atoms with E-state index in [1.165, 1.54) is 18.2 Å². The Bertz CT molecular complexity index is 927. The van der Waals surface area contributed by atoms with Crippen LogP contribution in [0.3, 0.4) is 0 Å². The van der Waals surface area contributed by atoms with E-state index in [4.69, 9.17) is 34.8 Å². The zero-order valence-electron chi connectivity index (χ0n) is 13.3. The molecule has 0 spiro atoms. The average molecular weight is 409 g/mol. The van der Waals surface area contributed by atoms with E-state index in [2.05, 4.69) is 5.32 Å². The van der Waals surface area contributed by atoms with Gasteiger partial charge in [-0.2, -0.15) is 0 Å². The summed E-state index contributed by atoms with van der Waals surface area (Å²) in [5.41, 5.74) is 1.72. The number of Topliss-reactive ketones (excluding diaryl/α,β-unsaturated/α-hetero) is 1. The van der Waals surface area contributed by atoms with Gasteiger partial charge in [-0.05, 0) is 66.2 Å². The minimum Gasteiger partial charge on any atom is -0.371 e. The molecule has 1 unspecified atom stereocenters. The molecule has 1 atom stereocenters. The summed E-state index contributed by atoms with van der Waals surface area (Å²) in [6.45, 7) is 0. The second-order valence-corrected chi connectivity index (χ2v) is 6.91. The fourth-order valence-corrected chi connectivity index (χ4v) is 2.93. The zero-order chi connectivity index (χ0) is 18.7. The van der Waals surface area contributed by atoms with Crippen LogP contribution in [0.5, 0.6) is 0 Å². The van der Waals surface area contributed by atoms with E-state index >= 15 is 0 Å². The summed E-state index contributed by atoms with van der Waals surface area (Å²) in [5.74, 6) is -0.737. The van der Waals surface area contributed by atoms with Gasteiger partial charge in [0.15, 0.2) is 5.78 Å². The van der Waals surface area contributed by atoms with E-state index in [0.717, 1.165) is 0 Å². The predicted molar refractivity (Wildman–Crippen MR) is 105 cm³/mol. The third-order valence-corrected chi connectivity index (χ3v) is 4.62. The van der Waals surface area contributed by atoms with Crippen molar-refractivity contribution in [1.29, 1.82) is 0 Å². The highest BCUT2D eigenvalue weighted by Crippen LogP contribution is 2.28. The van der Waals surface area contributed by atoms with Crippen molar-refractivity contribution in [3.63, 3.8) is 0 Å². The number of rotatable bonds is 5. The molecule has 0 fully saturated rings. The van der Waals surface area contributed by atoms with Gasteiger partial charge in [0.25, 0.3) is 0 Å². The van der Waals surface area contributed by atoms with Gasteiger partial charge in [0.05, 0.1) is 5.02 Å². The van der Waals surface area contributed by atoms with Crippen molar-refractivity contribution in [1.82, 2.24) is 0 Å². The number of anilines is 1. The first-order valence-corrected chi connectivity index (χ1v) is 8.84. The largest absolute Gasteiger partial charge is 0.371 e. The lowest BCUT2D eigenvalue weighted by atomic mass is 9.97. The summed E-state index contributed by atoms with van der Waals surface area (Å²) < 4.78 is 13.5. The number of nitrogens with one attached hydrogen (secondary N) is 1. The SMILES string of the molecule is O=C(c1ccc(Cl)cc1)C(Nc1ccc(Cl)cc1)c1ccc(F)c(Cl)c1. The van der Waals surface area contributed by atoms with Crippen LogP contribution in [-0.2, 0) is 0 Å². The smallest absolute Gasteiger partial charge is 0.189 e. The fraction of sp³-hybridized carbons (Fsp3) is 0.0500. The highest BCUT2D eigenvalue weighted by atomic mass is 35.5. The Morgan fingerprint density at radius 3 is 2.00 bits per heavy atom. The number of carbonyl (C=O) groups is 1. The second-order valence-electron chi connectivity index (χ2n) is 5.63. The van der Waals surface area contributed by atoms with Gasteiger partial charge in [-0.3, -0.25) is 4.79 Å². The molecule has 3 aromatic rings. The second kappa shape index (κ2) is 8.09. The molecule has 26 heavy (non-hydrogen) atoms. The van der Waals surface area contributed by atoms with Crippen molar-refractivity contribution in [2.75, 3.05) is 5.32 Å². The van der Waals surface area contributed by atoms with E-state index in [0.29, 0.717) is 26.9 Å². The zero-order valence-corrected chi connectivity index (χ0v) is 15.6. The summed E-state index contributed by atoms with van der Waals surface area (Å²) in [6.07, 6.45) is 0. The molecule has 0 amide bonds. The van der Waals surface area contributed by atoms with Crippen molar-refractivity contribution >= 4 is 46.3 Å². The molecule has 0 saturated heterocycles. The van der Waals surface area contributed by atoms with Gasteiger partial charge in [-0.25, -0.2) is 4.39 Å².